The first-order chi connectivity index (χ1) is 16.2. The summed E-state index contributed by atoms with van der Waals surface area (Å²) in [4.78, 5) is 17.7. The number of hydrogen-bond acceptors (Lipinski definition) is 6. The summed E-state index contributed by atoms with van der Waals surface area (Å²) < 4.78 is 7.86. The second-order valence-corrected chi connectivity index (χ2v) is 9.38. The monoisotopic (exact) mass is 444 g/mol. The zero-order chi connectivity index (χ0) is 22.2. The molecular weight excluding hydrogens is 412 g/mol. The number of aromatic nitrogens is 3. The van der Waals surface area contributed by atoms with E-state index >= 15 is 0 Å². The number of fused-ring (bicyclic) bond motifs is 2. The van der Waals surface area contributed by atoms with Crippen molar-refractivity contribution in [3.63, 3.8) is 0 Å². The van der Waals surface area contributed by atoms with E-state index in [2.05, 4.69) is 68.9 Å². The van der Waals surface area contributed by atoms with Crippen molar-refractivity contribution in [2.45, 2.75) is 32.5 Å². The molecule has 1 aromatic carbocycles. The first-order valence-corrected chi connectivity index (χ1v) is 12.1. The van der Waals surface area contributed by atoms with Crippen molar-refractivity contribution < 1.29 is 4.74 Å². The van der Waals surface area contributed by atoms with Crippen LogP contribution in [0.5, 0.6) is 0 Å². The van der Waals surface area contributed by atoms with E-state index in [1.807, 2.05) is 0 Å². The van der Waals surface area contributed by atoms with Gasteiger partial charge in [0.05, 0.1) is 18.9 Å². The van der Waals surface area contributed by atoms with Crippen molar-refractivity contribution in [2.75, 3.05) is 49.2 Å². The largest absolute Gasteiger partial charge is 0.378 e. The molecule has 0 N–H and O–H groups in total. The highest BCUT2D eigenvalue weighted by atomic mass is 16.5. The molecule has 0 aliphatic carbocycles. The van der Waals surface area contributed by atoms with Crippen LogP contribution in [0.3, 0.4) is 0 Å². The van der Waals surface area contributed by atoms with Gasteiger partial charge in [-0.3, -0.25) is 4.90 Å². The Labute approximate surface area is 195 Å². The summed E-state index contributed by atoms with van der Waals surface area (Å²) in [5, 5.41) is 0. The van der Waals surface area contributed by atoms with Crippen LogP contribution in [0.25, 0.3) is 0 Å². The minimum atomic E-state index is 0.762. The zero-order valence-corrected chi connectivity index (χ0v) is 19.4. The molecule has 0 atom stereocenters. The first-order valence-electron chi connectivity index (χ1n) is 12.1. The van der Waals surface area contributed by atoms with Gasteiger partial charge in [0.1, 0.15) is 5.82 Å². The third kappa shape index (κ3) is 4.11. The lowest BCUT2D eigenvalue weighted by atomic mass is 10.00. The Morgan fingerprint density at radius 1 is 0.848 bits per heavy atom. The maximum Gasteiger partial charge on any atom is 0.227 e. The van der Waals surface area contributed by atoms with Crippen LogP contribution in [-0.4, -0.2) is 58.8 Å². The van der Waals surface area contributed by atoms with E-state index in [1.165, 1.54) is 28.1 Å². The van der Waals surface area contributed by atoms with Gasteiger partial charge in [0.2, 0.25) is 5.95 Å². The molecule has 7 nitrogen and oxygen atoms in total. The highest BCUT2D eigenvalue weighted by molar-refractivity contribution is 5.55. The van der Waals surface area contributed by atoms with Crippen molar-refractivity contribution in [3.8, 4) is 0 Å². The molecular formula is C26H32N6O. The van der Waals surface area contributed by atoms with Gasteiger partial charge >= 0.3 is 0 Å². The standard InChI is InChI=1S/C26H32N6O/c1-29-10-4-7-22(29)18-30-11-9-24-23(19-30)25(31-13-15-33-16-14-31)28-26(27-24)32-12-8-20-5-2-3-6-21(20)17-32/h2-7,10H,8-9,11-19H2,1H3. The van der Waals surface area contributed by atoms with Gasteiger partial charge < -0.3 is 19.1 Å². The molecule has 5 heterocycles. The molecule has 33 heavy (non-hydrogen) atoms. The number of morpholine rings is 1. The van der Waals surface area contributed by atoms with Gasteiger partial charge in [-0.1, -0.05) is 24.3 Å². The predicted octanol–water partition coefficient (Wildman–Crippen LogP) is 2.77. The Bertz CT molecular complexity index is 1140. The number of benzene rings is 1. The predicted molar refractivity (Wildman–Crippen MR) is 129 cm³/mol. The fraction of sp³-hybridized carbons (Fsp3) is 0.462. The molecule has 0 bridgehead atoms. The summed E-state index contributed by atoms with van der Waals surface area (Å²) in [6.45, 7) is 8.05. The summed E-state index contributed by atoms with van der Waals surface area (Å²) in [7, 11) is 2.12. The average Bonchev–Trinajstić information content (AvgIpc) is 3.27. The summed E-state index contributed by atoms with van der Waals surface area (Å²) in [5.41, 5.74) is 6.72. The minimum Gasteiger partial charge on any atom is -0.378 e. The SMILES string of the molecule is Cn1cccc1CN1CCc2nc(N3CCc4ccccc4C3)nc(N3CCOCC3)c2C1. The normalized spacial score (nSPS) is 18.8. The summed E-state index contributed by atoms with van der Waals surface area (Å²) >= 11 is 0. The van der Waals surface area contributed by atoms with Crippen molar-refractivity contribution in [3.05, 3.63) is 70.7 Å². The molecule has 2 aromatic heterocycles. The number of aryl methyl sites for hydroxylation is 1. The van der Waals surface area contributed by atoms with Crippen LogP contribution in [0.4, 0.5) is 11.8 Å². The Morgan fingerprint density at radius 3 is 2.52 bits per heavy atom. The van der Waals surface area contributed by atoms with Crippen LogP contribution in [0, 0.1) is 0 Å². The molecule has 3 aliphatic rings. The van der Waals surface area contributed by atoms with E-state index in [4.69, 9.17) is 14.7 Å². The summed E-state index contributed by atoms with van der Waals surface area (Å²) in [6.07, 6.45) is 4.14. The molecule has 1 saturated heterocycles. The van der Waals surface area contributed by atoms with E-state index < -0.39 is 0 Å². The van der Waals surface area contributed by atoms with Crippen LogP contribution in [-0.2, 0) is 44.3 Å². The van der Waals surface area contributed by atoms with E-state index in [-0.39, 0.29) is 0 Å². The lowest BCUT2D eigenvalue weighted by Crippen LogP contribution is -2.40. The summed E-state index contributed by atoms with van der Waals surface area (Å²) in [5.74, 6) is 2.01. The summed E-state index contributed by atoms with van der Waals surface area (Å²) in [6, 6.07) is 13.1. The molecule has 0 spiro atoms. The van der Waals surface area contributed by atoms with Crippen LogP contribution < -0.4 is 9.80 Å². The van der Waals surface area contributed by atoms with Crippen molar-refractivity contribution in [1.29, 1.82) is 0 Å². The van der Waals surface area contributed by atoms with Gasteiger partial charge in [0.15, 0.2) is 0 Å². The third-order valence-electron chi connectivity index (χ3n) is 7.27. The Morgan fingerprint density at radius 2 is 1.70 bits per heavy atom. The maximum atomic E-state index is 5.65. The Balaban J connectivity index is 1.32. The molecule has 0 unspecified atom stereocenters. The number of rotatable bonds is 4. The molecule has 0 radical (unpaired) electrons. The fourth-order valence-corrected chi connectivity index (χ4v) is 5.31. The van der Waals surface area contributed by atoms with Gasteiger partial charge in [0, 0.05) is 76.7 Å². The van der Waals surface area contributed by atoms with Crippen molar-refractivity contribution in [1.82, 2.24) is 19.4 Å². The number of ether oxygens (including phenoxy) is 1. The van der Waals surface area contributed by atoms with Gasteiger partial charge in [-0.25, -0.2) is 4.98 Å². The van der Waals surface area contributed by atoms with E-state index in [0.717, 1.165) is 83.6 Å². The molecule has 3 aromatic rings. The number of nitrogens with zero attached hydrogens (tertiary/aromatic N) is 6. The molecule has 0 saturated carbocycles. The molecule has 3 aliphatic heterocycles. The fourth-order valence-electron chi connectivity index (χ4n) is 5.31. The Hall–Kier alpha value is -2.90. The van der Waals surface area contributed by atoms with Crippen LogP contribution in [0.15, 0.2) is 42.6 Å². The number of hydrogen-bond donors (Lipinski definition) is 0. The highest BCUT2D eigenvalue weighted by Crippen LogP contribution is 2.31. The molecule has 7 heteroatoms. The van der Waals surface area contributed by atoms with Gasteiger partial charge in [0.25, 0.3) is 0 Å². The van der Waals surface area contributed by atoms with Crippen molar-refractivity contribution in [2.24, 2.45) is 7.05 Å². The topological polar surface area (TPSA) is 49.7 Å². The van der Waals surface area contributed by atoms with Crippen molar-refractivity contribution >= 4 is 11.8 Å². The maximum absolute atomic E-state index is 5.65. The van der Waals surface area contributed by atoms with Crippen LogP contribution in [0.1, 0.15) is 28.1 Å². The van der Waals surface area contributed by atoms with Gasteiger partial charge in [-0.15, -0.1) is 0 Å². The van der Waals surface area contributed by atoms with Gasteiger partial charge in [-0.05, 0) is 29.7 Å². The second kappa shape index (κ2) is 8.80. The molecule has 1 fully saturated rings. The third-order valence-corrected chi connectivity index (χ3v) is 7.27. The average molecular weight is 445 g/mol. The lowest BCUT2D eigenvalue weighted by molar-refractivity contribution is 0.122. The van der Waals surface area contributed by atoms with E-state index in [1.54, 1.807) is 0 Å². The highest BCUT2D eigenvalue weighted by Gasteiger charge is 2.28. The van der Waals surface area contributed by atoms with Crippen LogP contribution in [0.2, 0.25) is 0 Å². The van der Waals surface area contributed by atoms with Crippen LogP contribution >= 0.6 is 0 Å². The molecule has 0 amide bonds. The number of anilines is 2. The first kappa shape index (κ1) is 20.7. The minimum absolute atomic E-state index is 0.762. The molecule has 172 valence electrons. The van der Waals surface area contributed by atoms with E-state index in [0.29, 0.717) is 0 Å². The lowest BCUT2D eigenvalue weighted by Gasteiger charge is -2.36. The Kier molecular flexibility index (Phi) is 5.52. The van der Waals surface area contributed by atoms with Gasteiger partial charge in [-0.2, -0.15) is 4.98 Å². The molecule has 6 rings (SSSR count). The van der Waals surface area contributed by atoms with E-state index in [9.17, 15) is 0 Å². The zero-order valence-electron chi connectivity index (χ0n) is 19.4. The quantitative estimate of drug-likeness (QED) is 0.617. The smallest absolute Gasteiger partial charge is 0.227 e. The second-order valence-electron chi connectivity index (χ2n) is 9.38.